The number of primary amides is 1. The van der Waals surface area contributed by atoms with Gasteiger partial charge in [-0.25, -0.2) is 4.98 Å². The molecule has 0 bridgehead atoms. The Kier molecular flexibility index (Phi) is 5.37. The topological polar surface area (TPSA) is 119 Å². The highest BCUT2D eigenvalue weighted by Crippen LogP contribution is 2.26. The minimum Gasteiger partial charge on any atom is -0.365 e. The van der Waals surface area contributed by atoms with Crippen molar-refractivity contribution in [3.05, 3.63) is 41.6 Å². The number of carbonyl (C=O) groups is 1. The molecule has 1 aromatic heterocycles. The number of amides is 1. The summed E-state index contributed by atoms with van der Waals surface area (Å²) in [6, 6.07) is 7.98. The molecule has 2 aromatic rings. The van der Waals surface area contributed by atoms with Gasteiger partial charge < -0.3 is 22.1 Å². The van der Waals surface area contributed by atoms with E-state index in [9.17, 15) is 4.79 Å². The third-order valence-electron chi connectivity index (χ3n) is 4.95. The highest BCUT2D eigenvalue weighted by atomic mass is 16.1. The van der Waals surface area contributed by atoms with Crippen LogP contribution in [-0.2, 0) is 0 Å². The largest absolute Gasteiger partial charge is 0.365 e. The van der Waals surface area contributed by atoms with Crippen LogP contribution in [0.1, 0.15) is 42.1 Å². The number of carbonyl (C=O) groups excluding carboxylic acids is 1. The van der Waals surface area contributed by atoms with Gasteiger partial charge in [-0.3, -0.25) is 4.79 Å². The van der Waals surface area contributed by atoms with Gasteiger partial charge in [0.2, 0.25) is 5.95 Å². The van der Waals surface area contributed by atoms with E-state index in [-0.39, 0.29) is 17.6 Å². The lowest BCUT2D eigenvalue weighted by Crippen LogP contribution is -2.47. The minimum absolute atomic E-state index is 0.0522. The fraction of sp³-hybridized carbons (Fsp3) is 0.421. The zero-order valence-corrected chi connectivity index (χ0v) is 15.2. The second-order valence-corrected chi connectivity index (χ2v) is 7.05. The van der Waals surface area contributed by atoms with Crippen molar-refractivity contribution in [3.63, 3.8) is 0 Å². The molecule has 6 N–H and O–H groups in total. The molecular weight excluding hydrogens is 328 g/mol. The van der Waals surface area contributed by atoms with Crippen LogP contribution in [0.5, 0.6) is 0 Å². The quantitative estimate of drug-likeness (QED) is 0.655. The molecule has 1 aliphatic carbocycles. The van der Waals surface area contributed by atoms with E-state index in [1.807, 2.05) is 31.2 Å². The molecule has 26 heavy (non-hydrogen) atoms. The van der Waals surface area contributed by atoms with Gasteiger partial charge in [-0.15, -0.1) is 0 Å². The number of nitrogens with zero attached hydrogens (tertiary/aromatic N) is 2. The summed E-state index contributed by atoms with van der Waals surface area (Å²) < 4.78 is 0. The Balaban J connectivity index is 1.85. The molecule has 3 atom stereocenters. The van der Waals surface area contributed by atoms with Gasteiger partial charge in [-0.05, 0) is 43.4 Å². The number of rotatable bonds is 5. The Hall–Kier alpha value is -2.67. The predicted molar refractivity (Wildman–Crippen MR) is 103 cm³/mol. The lowest BCUT2D eigenvalue weighted by atomic mass is 9.83. The molecule has 1 saturated carbocycles. The summed E-state index contributed by atoms with van der Waals surface area (Å²) in [6.45, 7) is 4.17. The molecule has 3 unspecified atom stereocenters. The number of hydrogen-bond acceptors (Lipinski definition) is 6. The third kappa shape index (κ3) is 4.11. The van der Waals surface area contributed by atoms with E-state index in [0.29, 0.717) is 17.7 Å². The molecule has 0 radical (unpaired) electrons. The first-order valence-electron chi connectivity index (χ1n) is 8.96. The predicted octanol–water partition coefficient (Wildman–Crippen LogP) is 2.56. The molecule has 7 heteroatoms. The maximum absolute atomic E-state index is 11.7. The van der Waals surface area contributed by atoms with Gasteiger partial charge >= 0.3 is 0 Å². The molecule has 0 aliphatic heterocycles. The maximum atomic E-state index is 11.7. The molecule has 1 amide bonds. The lowest BCUT2D eigenvalue weighted by molar-refractivity contribution is 0.100. The molecular formula is C19H26N6O. The Morgan fingerprint density at radius 2 is 2.12 bits per heavy atom. The van der Waals surface area contributed by atoms with Crippen LogP contribution in [0.15, 0.2) is 30.5 Å². The van der Waals surface area contributed by atoms with Crippen molar-refractivity contribution in [3.8, 4) is 0 Å². The monoisotopic (exact) mass is 354 g/mol. The lowest BCUT2D eigenvalue weighted by Gasteiger charge is -2.34. The first kappa shape index (κ1) is 18.1. The van der Waals surface area contributed by atoms with Crippen molar-refractivity contribution in [2.24, 2.45) is 17.4 Å². The van der Waals surface area contributed by atoms with E-state index < -0.39 is 5.91 Å². The number of hydrogen-bond donors (Lipinski definition) is 4. The average Bonchev–Trinajstić information content (AvgIpc) is 2.59. The number of benzene rings is 1. The molecule has 1 fully saturated rings. The average molecular weight is 354 g/mol. The zero-order chi connectivity index (χ0) is 18.7. The van der Waals surface area contributed by atoms with Crippen LogP contribution in [0.3, 0.4) is 0 Å². The Morgan fingerprint density at radius 3 is 2.85 bits per heavy atom. The molecule has 138 valence electrons. The number of aryl methyl sites for hydroxylation is 1. The minimum atomic E-state index is -0.574. The summed E-state index contributed by atoms with van der Waals surface area (Å²) in [7, 11) is 0. The number of nitrogens with one attached hydrogen (secondary N) is 2. The molecule has 0 spiro atoms. The molecule has 0 saturated heterocycles. The van der Waals surface area contributed by atoms with Gasteiger partial charge in [0.25, 0.3) is 5.91 Å². The number of nitrogens with two attached hydrogens (primary N) is 2. The molecule has 1 aliphatic rings. The van der Waals surface area contributed by atoms with Crippen molar-refractivity contribution < 1.29 is 4.79 Å². The second-order valence-electron chi connectivity index (χ2n) is 7.05. The third-order valence-corrected chi connectivity index (χ3v) is 4.95. The summed E-state index contributed by atoms with van der Waals surface area (Å²) in [4.78, 5) is 20.5. The van der Waals surface area contributed by atoms with Crippen LogP contribution >= 0.6 is 0 Å². The first-order valence-corrected chi connectivity index (χ1v) is 8.96. The van der Waals surface area contributed by atoms with E-state index in [1.54, 1.807) is 0 Å². The van der Waals surface area contributed by atoms with Gasteiger partial charge in [-0.2, -0.15) is 4.98 Å². The van der Waals surface area contributed by atoms with Crippen molar-refractivity contribution in [1.29, 1.82) is 0 Å². The molecule has 1 aromatic carbocycles. The van der Waals surface area contributed by atoms with Crippen LogP contribution in [0.2, 0.25) is 0 Å². The van der Waals surface area contributed by atoms with E-state index in [0.717, 1.165) is 30.5 Å². The van der Waals surface area contributed by atoms with Gasteiger partial charge in [0, 0.05) is 24.0 Å². The second kappa shape index (κ2) is 7.70. The van der Waals surface area contributed by atoms with Crippen molar-refractivity contribution >= 4 is 23.4 Å². The summed E-state index contributed by atoms with van der Waals surface area (Å²) in [5, 5.41) is 6.49. The maximum Gasteiger partial charge on any atom is 0.254 e. The summed E-state index contributed by atoms with van der Waals surface area (Å²) in [5.41, 5.74) is 14.0. The summed E-state index contributed by atoms with van der Waals surface area (Å²) in [6.07, 6.45) is 4.70. The normalized spacial score (nSPS) is 22.7. The van der Waals surface area contributed by atoms with Crippen LogP contribution in [0.4, 0.5) is 17.5 Å². The zero-order valence-electron chi connectivity index (χ0n) is 15.2. The van der Waals surface area contributed by atoms with E-state index in [1.165, 1.54) is 6.20 Å². The fourth-order valence-electron chi connectivity index (χ4n) is 3.36. The summed E-state index contributed by atoms with van der Waals surface area (Å²) >= 11 is 0. The van der Waals surface area contributed by atoms with Crippen LogP contribution in [0.25, 0.3) is 0 Å². The van der Waals surface area contributed by atoms with Crippen LogP contribution in [0, 0.1) is 12.8 Å². The molecule has 1 heterocycles. The molecule has 3 rings (SSSR count). The number of anilines is 3. The Labute approximate surface area is 153 Å². The highest BCUT2D eigenvalue weighted by molar-refractivity contribution is 5.98. The molecule has 7 nitrogen and oxygen atoms in total. The Bertz CT molecular complexity index is 793. The fourth-order valence-corrected chi connectivity index (χ4v) is 3.36. The first-order chi connectivity index (χ1) is 12.4. The SMILES string of the molecule is Cc1cccc(Nc2nc(NC3CCCC(C)C3N)ncc2C(N)=O)c1. The van der Waals surface area contributed by atoms with E-state index in [2.05, 4.69) is 27.5 Å². The standard InChI is InChI=1S/C19H26N6O/c1-11-5-3-7-13(9-11)23-18-14(17(21)26)10-22-19(25-18)24-15-8-4-6-12(2)16(15)20/h3,5,7,9-10,12,15-16H,4,6,8,20H2,1-2H3,(H2,21,26)(H2,22,23,24,25). The number of aromatic nitrogens is 2. The Morgan fingerprint density at radius 1 is 1.31 bits per heavy atom. The van der Waals surface area contributed by atoms with Crippen LogP contribution < -0.4 is 22.1 Å². The van der Waals surface area contributed by atoms with Gasteiger partial charge in [0.05, 0.1) is 0 Å². The van der Waals surface area contributed by atoms with Crippen molar-refractivity contribution in [1.82, 2.24) is 9.97 Å². The summed E-state index contributed by atoms with van der Waals surface area (Å²) in [5.74, 6) is 0.712. The van der Waals surface area contributed by atoms with Crippen molar-refractivity contribution in [2.45, 2.75) is 45.2 Å². The van der Waals surface area contributed by atoms with Crippen molar-refractivity contribution in [2.75, 3.05) is 10.6 Å². The smallest absolute Gasteiger partial charge is 0.254 e. The highest BCUT2D eigenvalue weighted by Gasteiger charge is 2.28. The van der Waals surface area contributed by atoms with Gasteiger partial charge in [0.1, 0.15) is 11.4 Å². The van der Waals surface area contributed by atoms with E-state index >= 15 is 0 Å². The van der Waals surface area contributed by atoms with E-state index in [4.69, 9.17) is 11.5 Å². The van der Waals surface area contributed by atoms with Gasteiger partial charge in [0.15, 0.2) is 0 Å². The van der Waals surface area contributed by atoms with Gasteiger partial charge in [-0.1, -0.05) is 25.5 Å². The van der Waals surface area contributed by atoms with Crippen LogP contribution in [-0.4, -0.2) is 28.0 Å².